The molecule has 2 heterocycles. The Labute approximate surface area is 151 Å². The first-order chi connectivity index (χ1) is 12.2. The second-order valence-corrected chi connectivity index (χ2v) is 6.97. The van der Waals surface area contributed by atoms with E-state index in [1.165, 1.54) is 6.07 Å². The van der Waals surface area contributed by atoms with E-state index in [0.717, 1.165) is 29.5 Å². The van der Waals surface area contributed by atoms with Crippen LogP contribution in [0.2, 0.25) is 0 Å². The van der Waals surface area contributed by atoms with E-state index >= 15 is 0 Å². The number of aryl methyl sites for hydroxylation is 1. The third kappa shape index (κ3) is 3.98. The molecule has 1 unspecified atom stereocenters. The lowest BCUT2D eigenvalue weighted by Gasteiger charge is -2.24. The van der Waals surface area contributed by atoms with E-state index in [1.54, 1.807) is 25.3 Å². The summed E-state index contributed by atoms with van der Waals surface area (Å²) in [6, 6.07) is 6.68. The molecule has 1 aromatic carbocycles. The van der Waals surface area contributed by atoms with Gasteiger partial charge in [-0.3, -0.25) is 9.59 Å². The van der Waals surface area contributed by atoms with Gasteiger partial charge in [0.05, 0.1) is 16.5 Å². The van der Waals surface area contributed by atoms with Crippen molar-refractivity contribution in [1.82, 2.24) is 4.98 Å². The van der Waals surface area contributed by atoms with Crippen molar-refractivity contribution < 1.29 is 22.8 Å². The van der Waals surface area contributed by atoms with Crippen LogP contribution in [0.5, 0.6) is 0 Å². The number of hydrogen-bond acceptors (Lipinski definition) is 4. The van der Waals surface area contributed by atoms with Crippen LogP contribution in [0.15, 0.2) is 41.4 Å². The summed E-state index contributed by atoms with van der Waals surface area (Å²) in [6.45, 7) is 1.79. The number of pyridine rings is 1. The summed E-state index contributed by atoms with van der Waals surface area (Å²) in [7, 11) is 0. The minimum atomic E-state index is -4.48. The first-order valence-corrected chi connectivity index (χ1v) is 8.52. The van der Waals surface area contributed by atoms with Gasteiger partial charge in [0.25, 0.3) is 0 Å². The molecule has 1 atom stereocenters. The number of aromatic nitrogens is 1. The van der Waals surface area contributed by atoms with Gasteiger partial charge in [0.2, 0.25) is 11.8 Å². The molecule has 26 heavy (non-hydrogen) atoms. The van der Waals surface area contributed by atoms with E-state index < -0.39 is 28.8 Å². The highest BCUT2D eigenvalue weighted by molar-refractivity contribution is 8.01. The van der Waals surface area contributed by atoms with Crippen LogP contribution < -0.4 is 10.6 Å². The van der Waals surface area contributed by atoms with Gasteiger partial charge in [-0.25, -0.2) is 4.98 Å². The number of nitrogens with zero attached hydrogens (tertiary/aromatic N) is 1. The Bertz CT molecular complexity index is 871. The Morgan fingerprint density at radius 3 is 2.81 bits per heavy atom. The molecule has 0 radical (unpaired) electrons. The van der Waals surface area contributed by atoms with Gasteiger partial charge < -0.3 is 10.6 Å². The number of rotatable bonds is 3. The lowest BCUT2D eigenvalue weighted by Crippen LogP contribution is -2.32. The molecule has 2 N–H and O–H groups in total. The fourth-order valence-corrected chi connectivity index (χ4v) is 3.52. The Balaban J connectivity index is 1.70. The van der Waals surface area contributed by atoms with Crippen molar-refractivity contribution in [1.29, 1.82) is 0 Å². The molecule has 136 valence electrons. The fourth-order valence-electron chi connectivity index (χ4n) is 2.43. The van der Waals surface area contributed by atoms with Gasteiger partial charge in [-0.2, -0.15) is 13.2 Å². The van der Waals surface area contributed by atoms with Gasteiger partial charge in [0.1, 0.15) is 5.82 Å². The standard InChI is InChI=1S/C17H14F3N3O2S/c1-9-3-2-6-21-15(9)23-14(24)8-13-16(25)22-11-7-10(17(18,19)20)4-5-12(11)26-13/h2-7,13H,8H2,1H3,(H,22,25)(H,21,23,24). The highest BCUT2D eigenvalue weighted by atomic mass is 32.2. The van der Waals surface area contributed by atoms with Crippen LogP contribution in [0.3, 0.4) is 0 Å². The number of thioether (sulfide) groups is 1. The van der Waals surface area contributed by atoms with Gasteiger partial charge in [0.15, 0.2) is 0 Å². The van der Waals surface area contributed by atoms with E-state index in [-0.39, 0.29) is 12.1 Å². The van der Waals surface area contributed by atoms with Gasteiger partial charge in [-0.1, -0.05) is 6.07 Å². The first-order valence-electron chi connectivity index (χ1n) is 7.64. The van der Waals surface area contributed by atoms with Crippen molar-refractivity contribution >= 4 is 35.1 Å². The molecule has 1 aliphatic rings. The Kier molecular flexibility index (Phi) is 4.90. The Hall–Kier alpha value is -2.55. The minimum Gasteiger partial charge on any atom is -0.324 e. The molecule has 0 fully saturated rings. The fraction of sp³-hybridized carbons (Fsp3) is 0.235. The highest BCUT2D eigenvalue weighted by Crippen LogP contribution is 2.40. The maximum Gasteiger partial charge on any atom is 0.416 e. The number of nitrogens with one attached hydrogen (secondary N) is 2. The maximum absolute atomic E-state index is 12.8. The van der Waals surface area contributed by atoms with Crippen LogP contribution in [-0.2, 0) is 15.8 Å². The molecule has 5 nitrogen and oxygen atoms in total. The summed E-state index contributed by atoms with van der Waals surface area (Å²) >= 11 is 1.07. The zero-order valence-corrected chi connectivity index (χ0v) is 14.4. The molecule has 9 heteroatoms. The number of carbonyl (C=O) groups excluding carboxylic acids is 2. The average Bonchev–Trinajstić information content (AvgIpc) is 2.56. The van der Waals surface area contributed by atoms with E-state index in [2.05, 4.69) is 15.6 Å². The van der Waals surface area contributed by atoms with E-state index in [9.17, 15) is 22.8 Å². The molecule has 2 amide bonds. The number of carbonyl (C=O) groups is 2. The van der Waals surface area contributed by atoms with Crippen LogP contribution in [0.1, 0.15) is 17.5 Å². The van der Waals surface area contributed by atoms with Crippen molar-refractivity contribution in [2.24, 2.45) is 0 Å². The summed E-state index contributed by atoms with van der Waals surface area (Å²) in [5.74, 6) is -0.488. The molecule has 0 bridgehead atoms. The minimum absolute atomic E-state index is 0.104. The monoisotopic (exact) mass is 381 g/mol. The zero-order chi connectivity index (χ0) is 18.9. The van der Waals surface area contributed by atoms with Crippen molar-refractivity contribution in [2.75, 3.05) is 10.6 Å². The van der Waals surface area contributed by atoms with Crippen molar-refractivity contribution in [3.05, 3.63) is 47.7 Å². The maximum atomic E-state index is 12.8. The third-order valence-electron chi connectivity index (χ3n) is 3.76. The molecule has 0 saturated heterocycles. The van der Waals surface area contributed by atoms with Gasteiger partial charge in [-0.05, 0) is 36.8 Å². The second kappa shape index (κ2) is 6.99. The molecule has 0 aliphatic carbocycles. The molecule has 0 saturated carbocycles. The van der Waals surface area contributed by atoms with Crippen LogP contribution in [-0.4, -0.2) is 22.0 Å². The smallest absolute Gasteiger partial charge is 0.324 e. The highest BCUT2D eigenvalue weighted by Gasteiger charge is 2.34. The quantitative estimate of drug-likeness (QED) is 0.847. The van der Waals surface area contributed by atoms with E-state index in [1.807, 2.05) is 0 Å². The van der Waals surface area contributed by atoms with Crippen LogP contribution in [0, 0.1) is 6.92 Å². The normalized spacial score (nSPS) is 16.6. The first kappa shape index (κ1) is 18.2. The van der Waals surface area contributed by atoms with Crippen molar-refractivity contribution in [2.45, 2.75) is 29.7 Å². The SMILES string of the molecule is Cc1cccnc1NC(=O)CC1Sc2ccc(C(F)(F)F)cc2NC1=O. The third-order valence-corrected chi connectivity index (χ3v) is 5.04. The van der Waals surface area contributed by atoms with E-state index in [4.69, 9.17) is 0 Å². The van der Waals surface area contributed by atoms with Gasteiger partial charge >= 0.3 is 6.18 Å². The van der Waals surface area contributed by atoms with Gasteiger partial charge in [-0.15, -0.1) is 11.8 Å². The molecular formula is C17H14F3N3O2S. The molecule has 3 rings (SSSR count). The molecule has 1 aromatic heterocycles. The number of halogens is 3. The Morgan fingerprint density at radius 1 is 1.35 bits per heavy atom. The van der Waals surface area contributed by atoms with E-state index in [0.29, 0.717) is 10.7 Å². The summed E-state index contributed by atoms with van der Waals surface area (Å²) in [6.07, 6.45) is -3.06. The summed E-state index contributed by atoms with van der Waals surface area (Å²) in [4.78, 5) is 28.9. The van der Waals surface area contributed by atoms with Crippen LogP contribution in [0.25, 0.3) is 0 Å². The van der Waals surface area contributed by atoms with Gasteiger partial charge in [0, 0.05) is 17.5 Å². The lowest BCUT2D eigenvalue weighted by atomic mass is 10.1. The number of hydrogen-bond donors (Lipinski definition) is 2. The summed E-state index contributed by atoms with van der Waals surface area (Å²) < 4.78 is 38.3. The van der Waals surface area contributed by atoms with Crippen LogP contribution >= 0.6 is 11.8 Å². The number of benzene rings is 1. The van der Waals surface area contributed by atoms with Crippen LogP contribution in [0.4, 0.5) is 24.7 Å². The molecule has 0 spiro atoms. The predicted molar refractivity (Wildman–Crippen MR) is 91.9 cm³/mol. The topological polar surface area (TPSA) is 71.1 Å². The largest absolute Gasteiger partial charge is 0.416 e. The second-order valence-electron chi connectivity index (χ2n) is 5.73. The summed E-state index contributed by atoms with van der Waals surface area (Å²) in [5.41, 5.74) is 0.0534. The number of anilines is 2. The zero-order valence-electron chi connectivity index (χ0n) is 13.6. The average molecular weight is 381 g/mol. The molecular weight excluding hydrogens is 367 g/mol. The number of alkyl halides is 3. The van der Waals surface area contributed by atoms with Crippen molar-refractivity contribution in [3.63, 3.8) is 0 Å². The van der Waals surface area contributed by atoms with Crippen molar-refractivity contribution in [3.8, 4) is 0 Å². The predicted octanol–water partition coefficient (Wildman–Crippen LogP) is 3.85. The molecule has 1 aliphatic heterocycles. The summed E-state index contributed by atoms with van der Waals surface area (Å²) in [5, 5.41) is 4.35. The number of amides is 2. The number of fused-ring (bicyclic) bond motifs is 1. The lowest BCUT2D eigenvalue weighted by molar-refractivity contribution is -0.137. The Morgan fingerprint density at radius 2 is 2.12 bits per heavy atom. The molecule has 2 aromatic rings.